The van der Waals surface area contributed by atoms with E-state index >= 15 is 0 Å². The fraction of sp³-hybridized carbons (Fsp3) is 0.652. The molecule has 0 spiro atoms. The number of hydrogen-bond acceptors (Lipinski definition) is 7. The second-order valence-electron chi connectivity index (χ2n) is 8.65. The standard InChI is InChI=1S/C23H33N3O2S2/c1-15-10-17-20(28-9-5-21(17)29-15)14-25-13-16-4-2-3-7-26(16)23-11-18-19(12-24)27-8-6-22(18)30-23/h10-11,16,19-20,25H,2-9,12-14,24H2,1H3/t16?,19?,20-/m0/s1. The third kappa shape index (κ3) is 4.20. The van der Waals surface area contributed by atoms with Crippen molar-refractivity contribution in [1.82, 2.24) is 5.32 Å². The van der Waals surface area contributed by atoms with Gasteiger partial charge < -0.3 is 25.4 Å². The molecule has 2 unspecified atom stereocenters. The van der Waals surface area contributed by atoms with Crippen LogP contribution in [0.3, 0.4) is 0 Å². The third-order valence-electron chi connectivity index (χ3n) is 6.62. The molecule has 2 aromatic heterocycles. The summed E-state index contributed by atoms with van der Waals surface area (Å²) in [5.41, 5.74) is 8.69. The van der Waals surface area contributed by atoms with Gasteiger partial charge in [0.2, 0.25) is 0 Å². The average Bonchev–Trinajstić information content (AvgIpc) is 3.37. The highest BCUT2D eigenvalue weighted by molar-refractivity contribution is 7.16. The number of thiophene rings is 2. The quantitative estimate of drug-likeness (QED) is 0.702. The predicted molar refractivity (Wildman–Crippen MR) is 125 cm³/mol. The number of fused-ring (bicyclic) bond motifs is 2. The number of nitrogens with two attached hydrogens (primary N) is 1. The van der Waals surface area contributed by atoms with Gasteiger partial charge in [-0.3, -0.25) is 0 Å². The average molecular weight is 448 g/mol. The van der Waals surface area contributed by atoms with Crippen molar-refractivity contribution >= 4 is 27.7 Å². The molecule has 5 nitrogen and oxygen atoms in total. The van der Waals surface area contributed by atoms with E-state index in [1.807, 2.05) is 22.7 Å². The van der Waals surface area contributed by atoms with Gasteiger partial charge in [0.15, 0.2) is 0 Å². The van der Waals surface area contributed by atoms with E-state index in [9.17, 15) is 0 Å². The minimum Gasteiger partial charge on any atom is -0.372 e. The van der Waals surface area contributed by atoms with Gasteiger partial charge in [0.1, 0.15) is 0 Å². The molecule has 3 aliphatic rings. The molecule has 164 valence electrons. The predicted octanol–water partition coefficient (Wildman–Crippen LogP) is 3.95. The van der Waals surface area contributed by atoms with E-state index in [4.69, 9.17) is 15.2 Å². The first-order chi connectivity index (χ1) is 14.7. The lowest BCUT2D eigenvalue weighted by Gasteiger charge is -2.37. The van der Waals surface area contributed by atoms with Crippen LogP contribution in [-0.2, 0) is 22.3 Å². The van der Waals surface area contributed by atoms with Crippen molar-refractivity contribution in [3.8, 4) is 0 Å². The molecule has 5 heterocycles. The molecule has 3 N–H and O–H groups in total. The molecule has 0 saturated carbocycles. The van der Waals surface area contributed by atoms with Gasteiger partial charge in [-0.1, -0.05) is 0 Å². The summed E-state index contributed by atoms with van der Waals surface area (Å²) < 4.78 is 12.0. The number of nitrogens with zero attached hydrogens (tertiary/aromatic N) is 1. The molecular formula is C23H33N3O2S2. The van der Waals surface area contributed by atoms with E-state index < -0.39 is 0 Å². The largest absolute Gasteiger partial charge is 0.372 e. The lowest BCUT2D eigenvalue weighted by atomic mass is 10.0. The van der Waals surface area contributed by atoms with Gasteiger partial charge >= 0.3 is 0 Å². The van der Waals surface area contributed by atoms with Crippen molar-refractivity contribution in [1.29, 1.82) is 0 Å². The number of aryl methyl sites for hydroxylation is 1. The molecule has 5 rings (SSSR count). The van der Waals surface area contributed by atoms with Crippen molar-refractivity contribution in [3.05, 3.63) is 37.9 Å². The Labute approximate surface area is 187 Å². The molecule has 3 aliphatic heterocycles. The zero-order chi connectivity index (χ0) is 20.5. The molecule has 1 saturated heterocycles. The Morgan fingerprint density at radius 3 is 2.63 bits per heavy atom. The summed E-state index contributed by atoms with van der Waals surface area (Å²) in [7, 11) is 0. The van der Waals surface area contributed by atoms with E-state index in [-0.39, 0.29) is 12.2 Å². The summed E-state index contributed by atoms with van der Waals surface area (Å²) in [6.45, 7) is 7.47. The van der Waals surface area contributed by atoms with E-state index in [0.29, 0.717) is 12.6 Å². The number of ether oxygens (including phenoxy) is 2. The van der Waals surface area contributed by atoms with Crippen LogP contribution in [0.15, 0.2) is 12.1 Å². The molecule has 1 fully saturated rings. The van der Waals surface area contributed by atoms with Crippen molar-refractivity contribution in [3.63, 3.8) is 0 Å². The van der Waals surface area contributed by atoms with Crippen LogP contribution in [0.1, 0.15) is 57.2 Å². The van der Waals surface area contributed by atoms with Gasteiger partial charge in [0.05, 0.1) is 30.4 Å². The summed E-state index contributed by atoms with van der Waals surface area (Å²) in [4.78, 5) is 7.02. The van der Waals surface area contributed by atoms with Gasteiger partial charge in [-0.05, 0) is 49.4 Å². The fourth-order valence-corrected chi connectivity index (χ4v) is 7.46. The van der Waals surface area contributed by atoms with Gasteiger partial charge in [0.25, 0.3) is 0 Å². The highest BCUT2D eigenvalue weighted by atomic mass is 32.1. The minimum absolute atomic E-state index is 0.0758. The Hall–Kier alpha value is -0.960. The van der Waals surface area contributed by atoms with Crippen LogP contribution in [0, 0.1) is 6.92 Å². The van der Waals surface area contributed by atoms with E-state index in [0.717, 1.165) is 45.7 Å². The summed E-state index contributed by atoms with van der Waals surface area (Å²) in [5.74, 6) is 0. The summed E-state index contributed by atoms with van der Waals surface area (Å²) in [6, 6.07) is 5.23. The van der Waals surface area contributed by atoms with Crippen LogP contribution < -0.4 is 16.0 Å². The molecule has 30 heavy (non-hydrogen) atoms. The molecule has 0 aromatic carbocycles. The third-order valence-corrected chi connectivity index (χ3v) is 8.99. The minimum atomic E-state index is 0.0758. The number of anilines is 1. The lowest BCUT2D eigenvalue weighted by molar-refractivity contribution is 0.0435. The Bertz CT molecular complexity index is 865. The SMILES string of the molecule is Cc1cc2c(s1)CCO[C@H]2CNCC1CCCCN1c1cc2c(s1)CCOC2CN. The number of piperidine rings is 1. The monoisotopic (exact) mass is 447 g/mol. The van der Waals surface area contributed by atoms with Crippen molar-refractivity contribution < 1.29 is 9.47 Å². The fourth-order valence-electron chi connectivity index (χ4n) is 5.10. The molecule has 0 aliphatic carbocycles. The molecule has 0 bridgehead atoms. The lowest BCUT2D eigenvalue weighted by Crippen LogP contribution is -2.46. The molecular weight excluding hydrogens is 414 g/mol. The summed E-state index contributed by atoms with van der Waals surface area (Å²) in [6.07, 6.45) is 6.21. The van der Waals surface area contributed by atoms with Crippen molar-refractivity contribution in [2.24, 2.45) is 5.73 Å². The Kier molecular flexibility index (Phi) is 6.46. The van der Waals surface area contributed by atoms with E-state index in [2.05, 4.69) is 29.3 Å². The van der Waals surface area contributed by atoms with Gasteiger partial charge in [-0.15, -0.1) is 22.7 Å². The van der Waals surface area contributed by atoms with Crippen LogP contribution in [0.2, 0.25) is 0 Å². The Morgan fingerprint density at radius 1 is 1.03 bits per heavy atom. The molecule has 0 radical (unpaired) electrons. The first kappa shape index (κ1) is 20.9. The molecule has 2 aromatic rings. The maximum atomic E-state index is 6.10. The highest BCUT2D eigenvalue weighted by Gasteiger charge is 2.29. The van der Waals surface area contributed by atoms with E-state index in [1.54, 1.807) is 0 Å². The first-order valence-electron chi connectivity index (χ1n) is 11.4. The molecule has 7 heteroatoms. The second-order valence-corrected chi connectivity index (χ2v) is 11.1. The van der Waals surface area contributed by atoms with Crippen LogP contribution in [0.5, 0.6) is 0 Å². The molecule has 0 amide bonds. The first-order valence-corrected chi connectivity index (χ1v) is 13.0. The van der Waals surface area contributed by atoms with Gasteiger partial charge in [-0.25, -0.2) is 0 Å². The van der Waals surface area contributed by atoms with Gasteiger partial charge in [-0.2, -0.15) is 0 Å². The summed E-state index contributed by atoms with van der Waals surface area (Å²) >= 11 is 3.89. The van der Waals surface area contributed by atoms with Crippen LogP contribution >= 0.6 is 22.7 Å². The number of rotatable bonds is 6. The smallest absolute Gasteiger partial charge is 0.0960 e. The van der Waals surface area contributed by atoms with Crippen LogP contribution in [0.25, 0.3) is 0 Å². The zero-order valence-corrected chi connectivity index (χ0v) is 19.5. The zero-order valence-electron chi connectivity index (χ0n) is 17.8. The Morgan fingerprint density at radius 2 is 1.80 bits per heavy atom. The maximum Gasteiger partial charge on any atom is 0.0960 e. The van der Waals surface area contributed by atoms with Crippen molar-refractivity contribution in [2.45, 2.75) is 57.3 Å². The van der Waals surface area contributed by atoms with Crippen LogP contribution in [0.4, 0.5) is 5.00 Å². The topological polar surface area (TPSA) is 59.8 Å². The Balaban J connectivity index is 1.24. The highest BCUT2D eigenvalue weighted by Crippen LogP contribution is 2.40. The van der Waals surface area contributed by atoms with Gasteiger partial charge in [0, 0.05) is 59.7 Å². The normalized spacial score (nSPS) is 26.5. The number of nitrogens with one attached hydrogen (secondary N) is 1. The van der Waals surface area contributed by atoms with E-state index in [1.165, 1.54) is 50.0 Å². The van der Waals surface area contributed by atoms with Crippen molar-refractivity contribution in [2.75, 3.05) is 44.3 Å². The van der Waals surface area contributed by atoms with Crippen LogP contribution in [-0.4, -0.2) is 45.4 Å². The number of hydrogen-bond donors (Lipinski definition) is 2. The summed E-state index contributed by atoms with van der Waals surface area (Å²) in [5, 5.41) is 5.16. The second kappa shape index (κ2) is 9.27. The maximum absolute atomic E-state index is 6.10. The molecule has 3 atom stereocenters.